The topological polar surface area (TPSA) is 156 Å². The van der Waals surface area contributed by atoms with Crippen molar-refractivity contribution in [3.63, 3.8) is 0 Å². The summed E-state index contributed by atoms with van der Waals surface area (Å²) in [5.74, 6) is -0.192. The van der Waals surface area contributed by atoms with E-state index in [0.29, 0.717) is 37.1 Å². The maximum absolute atomic E-state index is 13.1. The third kappa shape index (κ3) is 5.96. The van der Waals surface area contributed by atoms with Gasteiger partial charge in [0.05, 0.1) is 48.1 Å². The second-order valence-electron chi connectivity index (χ2n) is 10.0. The number of methoxy groups -OCH3 is 1. The quantitative estimate of drug-likeness (QED) is 0.205. The van der Waals surface area contributed by atoms with Crippen molar-refractivity contribution in [1.82, 2.24) is 29.1 Å². The van der Waals surface area contributed by atoms with E-state index in [-0.39, 0.29) is 19.1 Å². The van der Waals surface area contributed by atoms with E-state index in [0.717, 1.165) is 33.7 Å². The summed E-state index contributed by atoms with van der Waals surface area (Å²) in [5, 5.41) is 9.05. The number of carbonyl (C=O) groups is 1. The van der Waals surface area contributed by atoms with Crippen LogP contribution in [0.4, 0.5) is 5.82 Å². The van der Waals surface area contributed by atoms with Crippen LogP contribution in [0.5, 0.6) is 0 Å². The standard InChI is InChI=1S/C27H33N7O5S2/c1-38-13-14-39-27(26(35)32-41(3,36)37)11-9-18(10-12-27)22-23(40-2)24(28)34-25(31-22)21(16-30-34)19-15-29-33(17-19)20-7-5-4-6-8-20/h4-8,15-18H,9-14,28H2,1-3H3,(H,32,35). The van der Waals surface area contributed by atoms with Crippen molar-refractivity contribution in [2.45, 2.75) is 42.1 Å². The molecule has 0 aliphatic heterocycles. The first-order valence-electron chi connectivity index (χ1n) is 13.1. The molecule has 12 nitrogen and oxygen atoms in total. The van der Waals surface area contributed by atoms with Crippen LogP contribution in [0.25, 0.3) is 22.5 Å². The highest BCUT2D eigenvalue weighted by molar-refractivity contribution is 7.98. The van der Waals surface area contributed by atoms with E-state index in [1.54, 1.807) is 21.6 Å². The van der Waals surface area contributed by atoms with E-state index in [4.69, 9.17) is 20.2 Å². The second kappa shape index (κ2) is 11.8. The lowest BCUT2D eigenvalue weighted by atomic mass is 9.76. The van der Waals surface area contributed by atoms with E-state index in [2.05, 4.69) is 14.9 Å². The maximum atomic E-state index is 13.1. The summed E-state index contributed by atoms with van der Waals surface area (Å²) >= 11 is 1.50. The Labute approximate surface area is 242 Å². The Bertz CT molecular complexity index is 1650. The molecule has 1 saturated carbocycles. The van der Waals surface area contributed by atoms with Crippen molar-refractivity contribution >= 4 is 39.2 Å². The predicted molar refractivity (Wildman–Crippen MR) is 156 cm³/mol. The van der Waals surface area contributed by atoms with Gasteiger partial charge in [-0.3, -0.25) is 9.52 Å². The molecule has 1 aliphatic carbocycles. The van der Waals surface area contributed by atoms with Gasteiger partial charge in [0.15, 0.2) is 5.65 Å². The molecule has 0 bridgehead atoms. The van der Waals surface area contributed by atoms with Gasteiger partial charge in [0.2, 0.25) is 10.0 Å². The second-order valence-corrected chi connectivity index (χ2v) is 12.6. The number of nitrogens with two attached hydrogens (primary N) is 1. The van der Waals surface area contributed by atoms with Crippen LogP contribution in [-0.2, 0) is 24.3 Å². The van der Waals surface area contributed by atoms with Crippen LogP contribution in [-0.4, -0.2) is 77.1 Å². The summed E-state index contributed by atoms with van der Waals surface area (Å²) in [7, 11) is -2.21. The molecule has 1 aromatic carbocycles. The number of nitrogen functional groups attached to an aromatic ring is 1. The summed E-state index contributed by atoms with van der Waals surface area (Å²) in [4.78, 5) is 19.0. The highest BCUT2D eigenvalue weighted by atomic mass is 32.2. The van der Waals surface area contributed by atoms with Crippen molar-refractivity contribution in [3.05, 3.63) is 54.6 Å². The fourth-order valence-electron chi connectivity index (χ4n) is 5.27. The molecule has 218 valence electrons. The van der Waals surface area contributed by atoms with Gasteiger partial charge >= 0.3 is 0 Å². The Hall–Kier alpha value is -3.46. The van der Waals surface area contributed by atoms with Gasteiger partial charge in [-0.2, -0.15) is 14.7 Å². The fourth-order valence-corrected chi connectivity index (χ4v) is 6.51. The lowest BCUT2D eigenvalue weighted by Crippen LogP contribution is -2.52. The average Bonchev–Trinajstić information content (AvgIpc) is 3.61. The lowest BCUT2D eigenvalue weighted by Gasteiger charge is -2.38. The normalized spacial score (nSPS) is 19.4. The van der Waals surface area contributed by atoms with Crippen molar-refractivity contribution < 1.29 is 22.7 Å². The molecule has 1 fully saturated rings. The van der Waals surface area contributed by atoms with Crippen LogP contribution in [0, 0.1) is 0 Å². The average molecular weight is 600 g/mol. The molecule has 4 aromatic rings. The summed E-state index contributed by atoms with van der Waals surface area (Å²) in [6, 6.07) is 9.82. The number of sulfonamides is 1. The molecule has 3 heterocycles. The zero-order chi connectivity index (χ0) is 29.2. The number of nitrogens with zero attached hydrogens (tertiary/aromatic N) is 5. The lowest BCUT2D eigenvalue weighted by molar-refractivity contribution is -0.152. The molecule has 41 heavy (non-hydrogen) atoms. The van der Waals surface area contributed by atoms with Gasteiger partial charge in [-0.05, 0) is 44.1 Å². The number of hydrogen-bond donors (Lipinski definition) is 2. The predicted octanol–water partition coefficient (Wildman–Crippen LogP) is 3.02. The van der Waals surface area contributed by atoms with E-state index in [1.165, 1.54) is 18.9 Å². The number of anilines is 1. The third-order valence-electron chi connectivity index (χ3n) is 7.32. The molecular weight excluding hydrogens is 566 g/mol. The number of carbonyl (C=O) groups excluding carboxylic acids is 1. The molecule has 14 heteroatoms. The van der Waals surface area contributed by atoms with Crippen molar-refractivity contribution in [1.29, 1.82) is 0 Å². The number of nitrogens with one attached hydrogen (secondary N) is 1. The Morgan fingerprint density at radius 2 is 1.90 bits per heavy atom. The molecule has 5 rings (SSSR count). The Morgan fingerprint density at radius 1 is 1.17 bits per heavy atom. The first-order chi connectivity index (χ1) is 19.7. The minimum atomic E-state index is -3.75. The number of fused-ring (bicyclic) bond motifs is 1. The van der Waals surface area contributed by atoms with Crippen LogP contribution in [0.15, 0.2) is 53.8 Å². The molecule has 1 amide bonds. The number of amides is 1. The Balaban J connectivity index is 1.47. The minimum Gasteiger partial charge on any atom is -0.383 e. The van der Waals surface area contributed by atoms with E-state index >= 15 is 0 Å². The third-order valence-corrected chi connectivity index (χ3v) is 8.70. The van der Waals surface area contributed by atoms with Crippen molar-refractivity contribution in [2.75, 3.05) is 38.6 Å². The molecule has 1 aliphatic rings. The fraction of sp³-hybridized carbons (Fsp3) is 0.407. The van der Waals surface area contributed by atoms with E-state index in [9.17, 15) is 13.2 Å². The number of aromatic nitrogens is 5. The highest BCUT2D eigenvalue weighted by Gasteiger charge is 2.45. The zero-order valence-corrected chi connectivity index (χ0v) is 24.7. The van der Waals surface area contributed by atoms with E-state index in [1.807, 2.05) is 42.8 Å². The number of thioether (sulfide) groups is 1. The van der Waals surface area contributed by atoms with Gasteiger partial charge in [-0.1, -0.05) is 18.2 Å². The summed E-state index contributed by atoms with van der Waals surface area (Å²) in [5.41, 5.74) is 9.38. The van der Waals surface area contributed by atoms with Crippen LogP contribution >= 0.6 is 11.8 Å². The molecular formula is C27H33N7O5S2. The molecule has 0 saturated heterocycles. The highest BCUT2D eigenvalue weighted by Crippen LogP contribution is 2.44. The summed E-state index contributed by atoms with van der Waals surface area (Å²) in [6.07, 6.45) is 10.1. The van der Waals surface area contributed by atoms with Gasteiger partial charge in [-0.15, -0.1) is 11.8 Å². The number of para-hydroxylation sites is 1. The molecule has 3 aromatic heterocycles. The van der Waals surface area contributed by atoms with Crippen molar-refractivity contribution in [2.24, 2.45) is 0 Å². The summed E-state index contributed by atoms with van der Waals surface area (Å²) in [6.45, 7) is 0.453. The number of hydrogen-bond acceptors (Lipinski definition) is 10. The van der Waals surface area contributed by atoms with E-state index < -0.39 is 21.5 Å². The molecule has 0 radical (unpaired) electrons. The molecule has 0 spiro atoms. The first kappa shape index (κ1) is 29.0. The smallest absolute Gasteiger partial charge is 0.265 e. The number of ether oxygens (including phenoxy) is 2. The largest absolute Gasteiger partial charge is 0.383 e. The monoisotopic (exact) mass is 599 g/mol. The maximum Gasteiger partial charge on any atom is 0.265 e. The molecule has 0 unspecified atom stereocenters. The zero-order valence-electron chi connectivity index (χ0n) is 23.1. The van der Waals surface area contributed by atoms with Crippen LogP contribution in [0.3, 0.4) is 0 Å². The van der Waals surface area contributed by atoms with Gasteiger partial charge < -0.3 is 15.2 Å². The number of benzene rings is 1. The van der Waals surface area contributed by atoms with Gasteiger partial charge in [-0.25, -0.2) is 18.1 Å². The first-order valence-corrected chi connectivity index (χ1v) is 16.2. The van der Waals surface area contributed by atoms with Gasteiger partial charge in [0, 0.05) is 30.4 Å². The molecule has 3 N–H and O–H groups in total. The Morgan fingerprint density at radius 3 is 2.56 bits per heavy atom. The van der Waals surface area contributed by atoms with Crippen LogP contribution < -0.4 is 10.5 Å². The van der Waals surface area contributed by atoms with Gasteiger partial charge in [0.25, 0.3) is 5.91 Å². The van der Waals surface area contributed by atoms with Crippen LogP contribution in [0.2, 0.25) is 0 Å². The van der Waals surface area contributed by atoms with Crippen LogP contribution in [0.1, 0.15) is 37.3 Å². The Kier molecular flexibility index (Phi) is 8.36. The molecule has 0 atom stereocenters. The van der Waals surface area contributed by atoms with Gasteiger partial charge in [0.1, 0.15) is 11.4 Å². The minimum absolute atomic E-state index is 0.0234. The van der Waals surface area contributed by atoms with Crippen molar-refractivity contribution in [3.8, 4) is 16.8 Å². The number of rotatable bonds is 10. The SMILES string of the molecule is COCCOC1(C(=O)NS(C)(=O)=O)CCC(c2nc3c(-c4cnn(-c5ccccc5)c4)cnn3c(N)c2SC)CC1. The summed E-state index contributed by atoms with van der Waals surface area (Å²) < 4.78 is 40.3.